The fourth-order valence-corrected chi connectivity index (χ4v) is 3.76. The van der Waals surface area contributed by atoms with Gasteiger partial charge in [0.1, 0.15) is 0 Å². The highest BCUT2D eigenvalue weighted by atomic mass is 16.4. The van der Waals surface area contributed by atoms with E-state index in [1.165, 1.54) is 122 Å². The fourth-order valence-electron chi connectivity index (χ4n) is 3.76. The van der Waals surface area contributed by atoms with Gasteiger partial charge in [0, 0.05) is 6.42 Å². The van der Waals surface area contributed by atoms with E-state index in [0.29, 0.717) is 6.42 Å². The number of rotatable bonds is 23. The molecule has 0 rings (SSSR count). The Labute approximate surface area is 176 Å². The second-order valence-corrected chi connectivity index (χ2v) is 8.56. The van der Waals surface area contributed by atoms with E-state index in [2.05, 4.69) is 19.1 Å². The quantitative estimate of drug-likeness (QED) is 0.138. The Hall–Kier alpha value is -0.790. The predicted molar refractivity (Wildman–Crippen MR) is 124 cm³/mol. The molecule has 0 bridgehead atoms. The molecule has 0 spiro atoms. The maximum absolute atomic E-state index is 10.4. The molecule has 0 radical (unpaired) electrons. The van der Waals surface area contributed by atoms with E-state index < -0.39 is 5.97 Å². The third-order valence-corrected chi connectivity index (χ3v) is 5.65. The highest BCUT2D eigenvalue weighted by molar-refractivity contribution is 5.66. The Morgan fingerprint density at radius 1 is 0.536 bits per heavy atom. The van der Waals surface area contributed by atoms with Gasteiger partial charge in [-0.25, -0.2) is 0 Å². The van der Waals surface area contributed by atoms with E-state index in [1.807, 2.05) is 0 Å². The van der Waals surface area contributed by atoms with Crippen molar-refractivity contribution in [1.82, 2.24) is 0 Å². The average Bonchev–Trinajstić information content (AvgIpc) is 2.68. The Morgan fingerprint density at radius 3 is 1.21 bits per heavy atom. The first-order valence-corrected chi connectivity index (χ1v) is 12.6. The minimum Gasteiger partial charge on any atom is -0.481 e. The molecule has 1 N–H and O–H groups in total. The average molecular weight is 395 g/mol. The number of hydrogen-bond acceptors (Lipinski definition) is 1. The van der Waals surface area contributed by atoms with E-state index >= 15 is 0 Å². The van der Waals surface area contributed by atoms with Crippen molar-refractivity contribution in [2.45, 2.75) is 148 Å². The lowest BCUT2D eigenvalue weighted by Gasteiger charge is -2.02. The Morgan fingerprint density at radius 2 is 0.857 bits per heavy atom. The summed E-state index contributed by atoms with van der Waals surface area (Å²) in [6.07, 6.45) is 33.0. The standard InChI is InChI=1S/C26H50O2/c1-2-3-4-5-6-7-8-9-10-11-12-13-14-15-16-17-18-19-20-21-22-23-24-25-26(27)28/h15-16H,2-14,17-25H2,1H3,(H,27,28)/b16-15-. The molecule has 2 heteroatoms. The summed E-state index contributed by atoms with van der Waals surface area (Å²) >= 11 is 0. The van der Waals surface area contributed by atoms with E-state index in [-0.39, 0.29) is 0 Å². The first-order valence-electron chi connectivity index (χ1n) is 12.6. The second-order valence-electron chi connectivity index (χ2n) is 8.56. The van der Waals surface area contributed by atoms with Crippen molar-refractivity contribution in [3.8, 4) is 0 Å². The van der Waals surface area contributed by atoms with Crippen LogP contribution in [0.4, 0.5) is 0 Å². The molecule has 2 nitrogen and oxygen atoms in total. The highest BCUT2D eigenvalue weighted by Gasteiger charge is 1.96. The largest absolute Gasteiger partial charge is 0.481 e. The third-order valence-electron chi connectivity index (χ3n) is 5.65. The molecule has 28 heavy (non-hydrogen) atoms. The Bertz CT molecular complexity index is 335. The molecule has 0 fully saturated rings. The molecule has 0 amide bonds. The van der Waals surface area contributed by atoms with Crippen LogP contribution >= 0.6 is 0 Å². The molecule has 0 aromatic carbocycles. The van der Waals surface area contributed by atoms with Gasteiger partial charge in [-0.1, -0.05) is 122 Å². The van der Waals surface area contributed by atoms with Crippen LogP contribution in [0.15, 0.2) is 12.2 Å². The lowest BCUT2D eigenvalue weighted by atomic mass is 10.0. The van der Waals surface area contributed by atoms with Crippen molar-refractivity contribution < 1.29 is 9.90 Å². The topological polar surface area (TPSA) is 37.3 Å². The van der Waals surface area contributed by atoms with E-state index in [4.69, 9.17) is 5.11 Å². The zero-order valence-electron chi connectivity index (χ0n) is 19.1. The van der Waals surface area contributed by atoms with Gasteiger partial charge < -0.3 is 5.11 Å². The Kier molecular flexibility index (Phi) is 23.6. The van der Waals surface area contributed by atoms with Gasteiger partial charge in [0.2, 0.25) is 0 Å². The fraction of sp³-hybridized carbons (Fsp3) is 0.885. The van der Waals surface area contributed by atoms with E-state index in [9.17, 15) is 4.79 Å². The van der Waals surface area contributed by atoms with Gasteiger partial charge >= 0.3 is 5.97 Å². The van der Waals surface area contributed by atoms with Crippen LogP contribution in [0.25, 0.3) is 0 Å². The molecule has 0 heterocycles. The molecule has 0 aliphatic heterocycles. The molecule has 0 aromatic rings. The lowest BCUT2D eigenvalue weighted by molar-refractivity contribution is -0.137. The van der Waals surface area contributed by atoms with Crippen LogP contribution in [-0.4, -0.2) is 11.1 Å². The van der Waals surface area contributed by atoms with Crippen molar-refractivity contribution in [3.63, 3.8) is 0 Å². The summed E-state index contributed by atoms with van der Waals surface area (Å²) in [5, 5.41) is 8.58. The van der Waals surface area contributed by atoms with Crippen LogP contribution in [0.1, 0.15) is 148 Å². The van der Waals surface area contributed by atoms with Crippen LogP contribution < -0.4 is 0 Å². The number of carboxylic acid groups (broad SMARTS) is 1. The lowest BCUT2D eigenvalue weighted by Crippen LogP contribution is -1.93. The summed E-state index contributed by atoms with van der Waals surface area (Å²) in [5.74, 6) is -0.657. The molecule has 166 valence electrons. The number of unbranched alkanes of at least 4 members (excludes halogenated alkanes) is 19. The van der Waals surface area contributed by atoms with Gasteiger partial charge in [-0.2, -0.15) is 0 Å². The molecule has 0 saturated carbocycles. The monoisotopic (exact) mass is 394 g/mol. The van der Waals surface area contributed by atoms with Crippen LogP contribution in [-0.2, 0) is 4.79 Å². The summed E-state index contributed by atoms with van der Waals surface area (Å²) in [7, 11) is 0. The van der Waals surface area contributed by atoms with Crippen molar-refractivity contribution in [1.29, 1.82) is 0 Å². The minimum absolute atomic E-state index is 0.337. The van der Waals surface area contributed by atoms with Gasteiger partial charge in [0.15, 0.2) is 0 Å². The first kappa shape index (κ1) is 27.2. The molecule has 0 atom stereocenters. The zero-order valence-corrected chi connectivity index (χ0v) is 19.1. The molecule has 0 saturated heterocycles. The molecular weight excluding hydrogens is 344 g/mol. The van der Waals surface area contributed by atoms with Gasteiger partial charge in [0.25, 0.3) is 0 Å². The summed E-state index contributed by atoms with van der Waals surface area (Å²) in [6, 6.07) is 0. The number of hydrogen-bond donors (Lipinski definition) is 1. The highest BCUT2D eigenvalue weighted by Crippen LogP contribution is 2.13. The smallest absolute Gasteiger partial charge is 0.303 e. The number of aliphatic carboxylic acids is 1. The Balaban J connectivity index is 3.08. The van der Waals surface area contributed by atoms with Gasteiger partial charge in [-0.15, -0.1) is 0 Å². The summed E-state index contributed by atoms with van der Waals surface area (Å²) < 4.78 is 0. The molecule has 0 aliphatic rings. The summed E-state index contributed by atoms with van der Waals surface area (Å²) in [4.78, 5) is 10.4. The molecule has 0 aliphatic carbocycles. The predicted octanol–water partition coefficient (Wildman–Crippen LogP) is 9.23. The van der Waals surface area contributed by atoms with Crippen LogP contribution in [0.5, 0.6) is 0 Å². The number of allylic oxidation sites excluding steroid dienone is 2. The third kappa shape index (κ3) is 25.2. The van der Waals surface area contributed by atoms with Crippen LogP contribution in [0.2, 0.25) is 0 Å². The van der Waals surface area contributed by atoms with Gasteiger partial charge in [-0.3, -0.25) is 4.79 Å². The van der Waals surface area contributed by atoms with Gasteiger partial charge in [0.05, 0.1) is 0 Å². The van der Waals surface area contributed by atoms with E-state index in [1.54, 1.807) is 0 Å². The first-order chi connectivity index (χ1) is 13.8. The SMILES string of the molecule is CCCCCCCCCCCCCC/C=C\CCCCCCCCCC(=O)O. The normalized spacial score (nSPS) is 11.5. The molecule has 0 unspecified atom stereocenters. The molecular formula is C26H50O2. The second kappa shape index (κ2) is 24.2. The van der Waals surface area contributed by atoms with Crippen molar-refractivity contribution in [3.05, 3.63) is 12.2 Å². The van der Waals surface area contributed by atoms with Gasteiger partial charge in [-0.05, 0) is 32.1 Å². The minimum atomic E-state index is -0.657. The number of carbonyl (C=O) groups is 1. The summed E-state index contributed by atoms with van der Waals surface area (Å²) in [6.45, 7) is 2.29. The van der Waals surface area contributed by atoms with Crippen LogP contribution in [0.3, 0.4) is 0 Å². The summed E-state index contributed by atoms with van der Waals surface area (Å²) in [5.41, 5.74) is 0. The van der Waals surface area contributed by atoms with Crippen molar-refractivity contribution in [2.24, 2.45) is 0 Å². The van der Waals surface area contributed by atoms with Crippen LogP contribution in [0, 0.1) is 0 Å². The number of carboxylic acids is 1. The van der Waals surface area contributed by atoms with E-state index in [0.717, 1.165) is 12.8 Å². The van der Waals surface area contributed by atoms with Crippen molar-refractivity contribution >= 4 is 5.97 Å². The van der Waals surface area contributed by atoms with Crippen molar-refractivity contribution in [2.75, 3.05) is 0 Å². The zero-order chi connectivity index (χ0) is 20.5. The maximum atomic E-state index is 10.4. The maximum Gasteiger partial charge on any atom is 0.303 e. The molecule has 0 aromatic heterocycles.